The molecule has 162 valence electrons. The first-order valence-electron chi connectivity index (χ1n) is 9.40. The molecule has 0 spiro atoms. The number of ether oxygens (including phenoxy) is 2. The number of nitrogens with one attached hydrogen (secondary N) is 1. The summed E-state index contributed by atoms with van der Waals surface area (Å²) in [6.07, 6.45) is 3.29. The highest BCUT2D eigenvalue weighted by Crippen LogP contribution is 2.45. The van der Waals surface area contributed by atoms with Crippen LogP contribution in [0.5, 0.6) is 23.0 Å². The lowest BCUT2D eigenvalue weighted by Gasteiger charge is -2.13. The van der Waals surface area contributed by atoms with Gasteiger partial charge in [0.15, 0.2) is 11.5 Å². The maximum absolute atomic E-state index is 12.2. The van der Waals surface area contributed by atoms with Crippen molar-refractivity contribution in [3.63, 3.8) is 0 Å². The van der Waals surface area contributed by atoms with Crippen molar-refractivity contribution in [1.29, 1.82) is 0 Å². The van der Waals surface area contributed by atoms with Gasteiger partial charge in [-0.25, -0.2) is 0 Å². The molecule has 1 aromatic heterocycles. The Morgan fingerprint density at radius 1 is 1.10 bits per heavy atom. The summed E-state index contributed by atoms with van der Waals surface area (Å²) in [5, 5.41) is 3.44. The molecule has 1 aliphatic rings. The van der Waals surface area contributed by atoms with Gasteiger partial charge in [-0.3, -0.25) is 14.3 Å². The second-order valence-corrected chi connectivity index (χ2v) is 8.50. The molecule has 0 bridgehead atoms. The van der Waals surface area contributed by atoms with Gasteiger partial charge in [0.25, 0.3) is 0 Å². The molecule has 1 amide bonds. The molecule has 0 saturated heterocycles. The predicted octanol–water partition coefficient (Wildman–Crippen LogP) is 3.96. The second-order valence-electron chi connectivity index (χ2n) is 7.48. The fourth-order valence-electron chi connectivity index (χ4n) is 2.99. The van der Waals surface area contributed by atoms with Crippen molar-refractivity contribution in [2.24, 2.45) is 5.41 Å². The number of nitrogens with zero attached hydrogens (tertiary/aromatic N) is 1. The Balaban J connectivity index is 1.58. The van der Waals surface area contributed by atoms with Crippen molar-refractivity contribution >= 4 is 32.9 Å². The molecule has 1 heterocycles. The molecular formula is C21H20N2O7S. The number of aromatic nitrogens is 1. The minimum atomic E-state index is -4.72. The average Bonchev–Trinajstić information content (AvgIpc) is 3.47. The molecular weight excluding hydrogens is 424 g/mol. The zero-order valence-electron chi connectivity index (χ0n) is 16.8. The smallest absolute Gasteiger partial charge is 0.446 e. The highest BCUT2D eigenvalue weighted by atomic mass is 32.3. The molecule has 2 aromatic carbocycles. The zero-order chi connectivity index (χ0) is 22.2. The monoisotopic (exact) mass is 444 g/mol. The van der Waals surface area contributed by atoms with Crippen LogP contribution in [0.4, 0.5) is 5.69 Å². The van der Waals surface area contributed by atoms with Crippen LogP contribution in [0.3, 0.4) is 0 Å². The number of benzene rings is 2. The Hall–Kier alpha value is -3.37. The fourth-order valence-corrected chi connectivity index (χ4v) is 3.34. The van der Waals surface area contributed by atoms with Crippen molar-refractivity contribution in [3.05, 3.63) is 48.7 Å². The third kappa shape index (κ3) is 4.70. The number of anilines is 1. The summed E-state index contributed by atoms with van der Waals surface area (Å²) < 4.78 is 46.8. The number of pyridine rings is 1. The summed E-state index contributed by atoms with van der Waals surface area (Å²) in [4.78, 5) is 16.4. The number of rotatable bonds is 7. The SMILES string of the molecule is COc1cc2c(Oc3ccc(NC(=O)C4(C)CC4)cc3)ccnc2cc1OS(=O)(=O)O. The van der Waals surface area contributed by atoms with E-state index in [0.717, 1.165) is 12.8 Å². The number of hydrogen-bond acceptors (Lipinski definition) is 7. The van der Waals surface area contributed by atoms with Gasteiger partial charge in [-0.1, -0.05) is 6.92 Å². The largest absolute Gasteiger partial charge is 0.493 e. The van der Waals surface area contributed by atoms with E-state index in [9.17, 15) is 13.2 Å². The molecule has 2 N–H and O–H groups in total. The van der Waals surface area contributed by atoms with E-state index >= 15 is 0 Å². The van der Waals surface area contributed by atoms with Crippen LogP contribution in [0.2, 0.25) is 0 Å². The lowest BCUT2D eigenvalue weighted by atomic mass is 10.1. The first-order valence-corrected chi connectivity index (χ1v) is 10.8. The highest BCUT2D eigenvalue weighted by Gasteiger charge is 2.44. The zero-order valence-corrected chi connectivity index (χ0v) is 17.6. The molecule has 4 rings (SSSR count). The van der Waals surface area contributed by atoms with Gasteiger partial charge in [-0.15, -0.1) is 0 Å². The van der Waals surface area contributed by atoms with Gasteiger partial charge in [0.05, 0.1) is 12.6 Å². The van der Waals surface area contributed by atoms with E-state index in [1.54, 1.807) is 30.3 Å². The standard InChI is InChI=1S/C21H20N2O7S/c1-21(8-9-21)20(24)23-13-3-5-14(6-4-13)29-17-7-10-22-16-12-19(30-31(25,26)27)18(28-2)11-15(16)17/h3-7,10-12H,8-9H2,1-2H3,(H,23,24)(H,25,26,27). The Morgan fingerprint density at radius 3 is 2.42 bits per heavy atom. The van der Waals surface area contributed by atoms with Crippen molar-refractivity contribution in [1.82, 2.24) is 4.98 Å². The molecule has 0 radical (unpaired) electrons. The number of carbonyl (C=O) groups excluding carboxylic acids is 1. The van der Waals surface area contributed by atoms with E-state index in [2.05, 4.69) is 14.5 Å². The Labute approximate surface area is 178 Å². The van der Waals surface area contributed by atoms with Gasteiger partial charge in [0, 0.05) is 28.8 Å². The van der Waals surface area contributed by atoms with Crippen LogP contribution in [-0.2, 0) is 15.2 Å². The average molecular weight is 444 g/mol. The van der Waals surface area contributed by atoms with Gasteiger partial charge >= 0.3 is 10.4 Å². The van der Waals surface area contributed by atoms with Gasteiger partial charge in [0.1, 0.15) is 11.5 Å². The molecule has 3 aromatic rings. The van der Waals surface area contributed by atoms with E-state index in [4.69, 9.17) is 14.0 Å². The van der Waals surface area contributed by atoms with Crippen LogP contribution < -0.4 is 19.0 Å². The van der Waals surface area contributed by atoms with Gasteiger partial charge in [-0.05, 0) is 49.2 Å². The normalized spacial score (nSPS) is 14.7. The van der Waals surface area contributed by atoms with E-state index < -0.39 is 10.4 Å². The molecule has 1 aliphatic carbocycles. The summed E-state index contributed by atoms with van der Waals surface area (Å²) >= 11 is 0. The van der Waals surface area contributed by atoms with Crippen LogP contribution in [0.15, 0.2) is 48.7 Å². The lowest BCUT2D eigenvalue weighted by Crippen LogP contribution is -2.21. The fraction of sp³-hybridized carbons (Fsp3) is 0.238. The minimum Gasteiger partial charge on any atom is -0.493 e. The molecule has 0 aliphatic heterocycles. The molecule has 1 saturated carbocycles. The topological polar surface area (TPSA) is 124 Å². The second kappa shape index (κ2) is 7.71. The Kier molecular flexibility index (Phi) is 5.19. The number of carbonyl (C=O) groups is 1. The summed E-state index contributed by atoms with van der Waals surface area (Å²) in [7, 11) is -3.39. The van der Waals surface area contributed by atoms with Crippen molar-refractivity contribution in [3.8, 4) is 23.0 Å². The van der Waals surface area contributed by atoms with Crippen LogP contribution in [0.25, 0.3) is 10.9 Å². The number of fused-ring (bicyclic) bond motifs is 1. The summed E-state index contributed by atoms with van der Waals surface area (Å²) in [5.41, 5.74) is 0.791. The van der Waals surface area contributed by atoms with E-state index in [0.29, 0.717) is 28.1 Å². The molecule has 1 fully saturated rings. The molecule has 31 heavy (non-hydrogen) atoms. The van der Waals surface area contributed by atoms with Crippen LogP contribution in [0, 0.1) is 5.41 Å². The minimum absolute atomic E-state index is 0.0105. The van der Waals surface area contributed by atoms with Gasteiger partial charge < -0.3 is 19.0 Å². The first-order chi connectivity index (χ1) is 14.7. The summed E-state index contributed by atoms with van der Waals surface area (Å²) in [5.74, 6) is 0.863. The van der Waals surface area contributed by atoms with E-state index in [1.165, 1.54) is 25.4 Å². The van der Waals surface area contributed by atoms with Crippen LogP contribution >= 0.6 is 0 Å². The maximum Gasteiger partial charge on any atom is 0.446 e. The van der Waals surface area contributed by atoms with Crippen molar-refractivity contribution in [2.45, 2.75) is 19.8 Å². The number of hydrogen-bond donors (Lipinski definition) is 2. The van der Waals surface area contributed by atoms with Crippen LogP contribution in [0.1, 0.15) is 19.8 Å². The summed E-state index contributed by atoms with van der Waals surface area (Å²) in [6.45, 7) is 1.94. The quantitative estimate of drug-likeness (QED) is 0.525. The third-order valence-electron chi connectivity index (χ3n) is 5.07. The van der Waals surface area contributed by atoms with Gasteiger partial charge in [-0.2, -0.15) is 8.42 Å². The lowest BCUT2D eigenvalue weighted by molar-refractivity contribution is -0.120. The van der Waals surface area contributed by atoms with Crippen LogP contribution in [-0.4, -0.2) is 31.0 Å². The van der Waals surface area contributed by atoms with Crippen molar-refractivity contribution < 1.29 is 31.4 Å². The predicted molar refractivity (Wildman–Crippen MR) is 113 cm³/mol. The van der Waals surface area contributed by atoms with E-state index in [1.807, 2.05) is 6.92 Å². The van der Waals surface area contributed by atoms with Crippen molar-refractivity contribution in [2.75, 3.05) is 12.4 Å². The summed E-state index contributed by atoms with van der Waals surface area (Å²) in [6, 6.07) is 11.4. The Morgan fingerprint density at radius 2 is 1.81 bits per heavy atom. The Bertz CT molecular complexity index is 1250. The first kappa shape index (κ1) is 20.9. The molecule has 10 heteroatoms. The third-order valence-corrected chi connectivity index (χ3v) is 5.46. The molecule has 0 atom stereocenters. The van der Waals surface area contributed by atoms with E-state index in [-0.39, 0.29) is 22.8 Å². The maximum atomic E-state index is 12.2. The highest BCUT2D eigenvalue weighted by molar-refractivity contribution is 7.81. The molecule has 9 nitrogen and oxygen atoms in total. The number of amides is 1. The number of methoxy groups -OCH3 is 1. The van der Waals surface area contributed by atoms with Gasteiger partial charge in [0.2, 0.25) is 5.91 Å². The molecule has 0 unspecified atom stereocenters.